The van der Waals surface area contributed by atoms with Gasteiger partial charge >= 0.3 is 0 Å². The molecule has 0 saturated heterocycles. The number of primary amides is 1. The number of allylic oxidation sites excluding steroid dienone is 1. The third-order valence-electron chi connectivity index (χ3n) is 5.42. The average Bonchev–Trinajstić information content (AvgIpc) is 3.23. The molecule has 0 bridgehead atoms. The maximum absolute atomic E-state index is 14.0. The topological polar surface area (TPSA) is 114 Å². The van der Waals surface area contributed by atoms with Crippen molar-refractivity contribution >= 4 is 23.6 Å². The summed E-state index contributed by atoms with van der Waals surface area (Å²) in [7, 11) is 4.54. The Bertz CT molecular complexity index is 1250. The Hall–Kier alpha value is -3.73. The van der Waals surface area contributed by atoms with Crippen LogP contribution in [-0.2, 0) is 10.5 Å². The van der Waals surface area contributed by atoms with E-state index in [2.05, 4.69) is 15.4 Å². The molecule has 3 aromatic rings. The lowest BCUT2D eigenvalue weighted by atomic mass is 9.94. The van der Waals surface area contributed by atoms with Crippen LogP contribution in [-0.4, -0.2) is 42.0 Å². The Morgan fingerprint density at radius 2 is 1.85 bits per heavy atom. The van der Waals surface area contributed by atoms with Crippen LogP contribution in [0, 0.1) is 5.82 Å². The number of carbonyl (C=O) groups is 1. The number of thioether (sulfide) groups is 1. The van der Waals surface area contributed by atoms with E-state index in [0.29, 0.717) is 56.5 Å². The number of rotatable bonds is 8. The number of nitrogens with two attached hydrogens (primary N) is 1. The van der Waals surface area contributed by atoms with Gasteiger partial charge in [0.05, 0.1) is 26.9 Å². The number of methoxy groups -OCH3 is 3. The first-order valence-corrected chi connectivity index (χ1v) is 11.3. The van der Waals surface area contributed by atoms with Crippen LogP contribution in [0.4, 0.5) is 10.3 Å². The highest BCUT2D eigenvalue weighted by Crippen LogP contribution is 2.44. The first-order valence-electron chi connectivity index (χ1n) is 10.3. The number of benzene rings is 2. The molecule has 2 heterocycles. The van der Waals surface area contributed by atoms with Crippen LogP contribution in [0.25, 0.3) is 0 Å². The fourth-order valence-electron chi connectivity index (χ4n) is 3.84. The van der Waals surface area contributed by atoms with Crippen LogP contribution in [0.15, 0.2) is 52.8 Å². The van der Waals surface area contributed by atoms with Gasteiger partial charge in [-0.05, 0) is 36.2 Å². The van der Waals surface area contributed by atoms with E-state index in [9.17, 15) is 9.18 Å². The van der Waals surface area contributed by atoms with Crippen molar-refractivity contribution in [3.05, 3.63) is 64.6 Å². The minimum absolute atomic E-state index is 0.291. The van der Waals surface area contributed by atoms with Gasteiger partial charge in [-0.1, -0.05) is 30.0 Å². The molecule has 1 aliphatic rings. The maximum Gasteiger partial charge on any atom is 0.248 e. The molecule has 0 radical (unpaired) electrons. The fraction of sp³-hybridized carbons (Fsp3) is 0.261. The molecule has 0 spiro atoms. The van der Waals surface area contributed by atoms with Crippen molar-refractivity contribution in [1.29, 1.82) is 0 Å². The van der Waals surface area contributed by atoms with E-state index in [1.54, 1.807) is 41.9 Å². The maximum atomic E-state index is 14.0. The molecule has 178 valence electrons. The molecule has 0 saturated carbocycles. The highest BCUT2D eigenvalue weighted by atomic mass is 32.2. The van der Waals surface area contributed by atoms with Gasteiger partial charge < -0.3 is 25.3 Å². The summed E-state index contributed by atoms with van der Waals surface area (Å²) < 4.78 is 32.0. The molecule has 1 aliphatic heterocycles. The molecular formula is C23H24FN5O4S. The van der Waals surface area contributed by atoms with Crippen molar-refractivity contribution in [3.63, 3.8) is 0 Å². The Balaban J connectivity index is 1.78. The average molecular weight is 486 g/mol. The third kappa shape index (κ3) is 4.26. The predicted molar refractivity (Wildman–Crippen MR) is 126 cm³/mol. The van der Waals surface area contributed by atoms with E-state index in [1.807, 2.05) is 0 Å². The number of anilines is 1. The Morgan fingerprint density at radius 1 is 1.18 bits per heavy atom. The van der Waals surface area contributed by atoms with Gasteiger partial charge in [0.25, 0.3) is 0 Å². The molecule has 2 aromatic carbocycles. The van der Waals surface area contributed by atoms with Crippen molar-refractivity contribution in [2.75, 3.05) is 26.6 Å². The third-order valence-corrected chi connectivity index (χ3v) is 6.30. The predicted octanol–water partition coefficient (Wildman–Crippen LogP) is 3.51. The summed E-state index contributed by atoms with van der Waals surface area (Å²) in [5, 5.41) is 8.12. The molecule has 11 heteroatoms. The van der Waals surface area contributed by atoms with Crippen molar-refractivity contribution in [3.8, 4) is 17.2 Å². The Morgan fingerprint density at radius 3 is 2.44 bits per heavy atom. The first-order chi connectivity index (χ1) is 16.4. The van der Waals surface area contributed by atoms with Gasteiger partial charge in [0.15, 0.2) is 11.5 Å². The van der Waals surface area contributed by atoms with Gasteiger partial charge in [-0.15, -0.1) is 5.10 Å². The SMILES string of the molecule is COc1cc(C2C(C(N)=O)=C(C)Nc3nc(SCc4ccccc4F)nn32)cc(OC)c1OC. The van der Waals surface area contributed by atoms with E-state index >= 15 is 0 Å². The van der Waals surface area contributed by atoms with Crippen molar-refractivity contribution in [2.45, 2.75) is 23.9 Å². The molecule has 0 fully saturated rings. The molecule has 0 aliphatic carbocycles. The molecule has 1 aromatic heterocycles. The van der Waals surface area contributed by atoms with Gasteiger partial charge in [-0.3, -0.25) is 4.79 Å². The summed E-state index contributed by atoms with van der Waals surface area (Å²) in [4.78, 5) is 17.0. The molecule has 1 amide bonds. The molecule has 4 rings (SSSR count). The quantitative estimate of drug-likeness (QED) is 0.466. The Kier molecular flexibility index (Phi) is 6.64. The smallest absolute Gasteiger partial charge is 0.248 e. The van der Waals surface area contributed by atoms with Crippen LogP contribution in [0.5, 0.6) is 17.2 Å². The number of nitrogens with one attached hydrogen (secondary N) is 1. The number of fused-ring (bicyclic) bond motifs is 1. The number of hydrogen-bond donors (Lipinski definition) is 2. The standard InChI is InChI=1S/C23H24FN5O4S/c1-12-18(21(25)30)19(14-9-16(31-2)20(33-4)17(10-14)32-3)29-22(26-12)27-23(28-29)34-11-13-7-5-6-8-15(13)24/h5-10,19H,11H2,1-4H3,(H2,25,30)(H,26,27,28). The van der Waals surface area contributed by atoms with Gasteiger partial charge in [0.1, 0.15) is 11.9 Å². The largest absolute Gasteiger partial charge is 0.493 e. The number of carbonyl (C=O) groups excluding carboxylic acids is 1. The van der Waals surface area contributed by atoms with E-state index in [0.717, 1.165) is 0 Å². The fourth-order valence-corrected chi connectivity index (χ4v) is 4.65. The van der Waals surface area contributed by atoms with Gasteiger partial charge in [-0.25, -0.2) is 9.07 Å². The first kappa shape index (κ1) is 23.4. The lowest BCUT2D eigenvalue weighted by molar-refractivity contribution is -0.115. The van der Waals surface area contributed by atoms with Crippen LogP contribution in [0.3, 0.4) is 0 Å². The summed E-state index contributed by atoms with van der Waals surface area (Å²) in [6.07, 6.45) is 0. The number of halogens is 1. The number of amides is 1. The second kappa shape index (κ2) is 9.64. The number of hydrogen-bond acceptors (Lipinski definition) is 8. The second-order valence-corrected chi connectivity index (χ2v) is 8.37. The normalized spacial score (nSPS) is 14.9. The summed E-state index contributed by atoms with van der Waals surface area (Å²) in [6.45, 7) is 1.75. The summed E-state index contributed by atoms with van der Waals surface area (Å²) in [5.74, 6) is 1.15. The van der Waals surface area contributed by atoms with Crippen LogP contribution in [0.1, 0.15) is 24.1 Å². The number of ether oxygens (including phenoxy) is 3. The van der Waals surface area contributed by atoms with E-state index in [-0.39, 0.29) is 5.82 Å². The van der Waals surface area contributed by atoms with Crippen molar-refractivity contribution in [2.24, 2.45) is 5.73 Å². The molecule has 3 N–H and O–H groups in total. The zero-order chi connectivity index (χ0) is 24.4. The lowest BCUT2D eigenvalue weighted by Crippen LogP contribution is -2.31. The van der Waals surface area contributed by atoms with Crippen LogP contribution in [0.2, 0.25) is 0 Å². The summed E-state index contributed by atoms with van der Waals surface area (Å²) >= 11 is 1.28. The molecular weight excluding hydrogens is 461 g/mol. The van der Waals surface area contributed by atoms with Gasteiger partial charge in [0.2, 0.25) is 22.8 Å². The lowest BCUT2D eigenvalue weighted by Gasteiger charge is -2.28. The van der Waals surface area contributed by atoms with Crippen molar-refractivity contribution < 1.29 is 23.4 Å². The minimum Gasteiger partial charge on any atom is -0.493 e. The molecule has 9 nitrogen and oxygen atoms in total. The molecule has 1 unspecified atom stereocenters. The zero-order valence-corrected chi connectivity index (χ0v) is 19.9. The summed E-state index contributed by atoms with van der Waals surface area (Å²) in [5.41, 5.74) is 7.82. The van der Waals surface area contributed by atoms with E-state index < -0.39 is 11.9 Å². The number of nitrogens with zero attached hydrogens (tertiary/aromatic N) is 3. The second-order valence-electron chi connectivity index (χ2n) is 7.43. The van der Waals surface area contributed by atoms with Crippen LogP contribution < -0.4 is 25.3 Å². The molecule has 34 heavy (non-hydrogen) atoms. The molecule has 1 atom stereocenters. The minimum atomic E-state index is -0.697. The monoisotopic (exact) mass is 485 g/mol. The van der Waals surface area contributed by atoms with Crippen molar-refractivity contribution in [1.82, 2.24) is 14.8 Å². The van der Waals surface area contributed by atoms with E-state index in [4.69, 9.17) is 19.9 Å². The van der Waals surface area contributed by atoms with Crippen LogP contribution >= 0.6 is 11.8 Å². The summed E-state index contributed by atoms with van der Waals surface area (Å²) in [6, 6.07) is 9.33. The Labute approximate surface area is 200 Å². The highest BCUT2D eigenvalue weighted by Gasteiger charge is 2.34. The number of aromatic nitrogens is 3. The van der Waals surface area contributed by atoms with E-state index in [1.165, 1.54) is 39.2 Å². The zero-order valence-electron chi connectivity index (χ0n) is 19.1. The van der Waals surface area contributed by atoms with Gasteiger partial charge in [0, 0.05) is 11.4 Å². The van der Waals surface area contributed by atoms with Gasteiger partial charge in [-0.2, -0.15) is 4.98 Å². The highest BCUT2D eigenvalue weighted by molar-refractivity contribution is 7.98.